The van der Waals surface area contributed by atoms with E-state index in [-0.39, 0.29) is 5.95 Å². The Kier molecular flexibility index (Phi) is 5.10. The van der Waals surface area contributed by atoms with Crippen LogP contribution in [0, 0.1) is 0 Å². The van der Waals surface area contributed by atoms with Crippen molar-refractivity contribution in [2.24, 2.45) is 0 Å². The van der Waals surface area contributed by atoms with Gasteiger partial charge >= 0.3 is 5.97 Å². The molecule has 0 aliphatic rings. The molecule has 0 aliphatic heterocycles. The summed E-state index contributed by atoms with van der Waals surface area (Å²) in [4.78, 5) is 20.1. The predicted molar refractivity (Wildman–Crippen MR) is 92.5 cm³/mol. The van der Waals surface area contributed by atoms with Crippen LogP contribution in [0.4, 0.5) is 17.5 Å². The molecule has 0 aliphatic carbocycles. The van der Waals surface area contributed by atoms with E-state index in [2.05, 4.69) is 30.8 Å². The number of pyridine rings is 1. The van der Waals surface area contributed by atoms with E-state index in [4.69, 9.17) is 4.74 Å². The highest BCUT2D eigenvalue weighted by Gasteiger charge is 2.12. The van der Waals surface area contributed by atoms with Crippen LogP contribution in [0.1, 0.15) is 15.9 Å². The van der Waals surface area contributed by atoms with Crippen LogP contribution in [0.2, 0.25) is 0 Å². The highest BCUT2D eigenvalue weighted by atomic mass is 16.5. The van der Waals surface area contributed by atoms with Crippen molar-refractivity contribution in [2.45, 2.75) is 6.54 Å². The number of methoxy groups -OCH3 is 1. The van der Waals surface area contributed by atoms with Gasteiger partial charge in [-0.15, -0.1) is 5.10 Å². The third-order valence-electron chi connectivity index (χ3n) is 3.36. The normalized spacial score (nSPS) is 10.1. The number of anilines is 3. The average molecular weight is 336 g/mol. The lowest BCUT2D eigenvalue weighted by atomic mass is 10.2. The van der Waals surface area contributed by atoms with Crippen molar-refractivity contribution in [3.8, 4) is 0 Å². The Bertz CT molecular complexity index is 857. The second-order valence-electron chi connectivity index (χ2n) is 5.04. The third-order valence-corrected chi connectivity index (χ3v) is 3.36. The monoisotopic (exact) mass is 336 g/mol. The zero-order valence-electron chi connectivity index (χ0n) is 13.5. The van der Waals surface area contributed by atoms with Crippen molar-refractivity contribution in [2.75, 3.05) is 17.7 Å². The molecule has 0 saturated carbocycles. The molecule has 0 amide bonds. The van der Waals surface area contributed by atoms with Gasteiger partial charge in [0.1, 0.15) is 0 Å². The number of ether oxygens (including phenoxy) is 1. The molecule has 8 nitrogen and oxygen atoms in total. The minimum atomic E-state index is -0.442. The quantitative estimate of drug-likeness (QED) is 0.662. The molecule has 126 valence electrons. The first kappa shape index (κ1) is 16.3. The van der Waals surface area contributed by atoms with Crippen LogP contribution in [0.3, 0.4) is 0 Å². The number of hydrogen-bond donors (Lipinski definition) is 2. The second-order valence-corrected chi connectivity index (χ2v) is 5.04. The lowest BCUT2D eigenvalue weighted by molar-refractivity contribution is 0.0602. The zero-order chi connectivity index (χ0) is 17.5. The van der Waals surface area contributed by atoms with Crippen LogP contribution < -0.4 is 10.6 Å². The van der Waals surface area contributed by atoms with E-state index in [9.17, 15) is 4.79 Å². The van der Waals surface area contributed by atoms with Gasteiger partial charge in [0, 0.05) is 18.9 Å². The fraction of sp³-hybridized carbons (Fsp3) is 0.118. The van der Waals surface area contributed by atoms with Crippen molar-refractivity contribution in [1.82, 2.24) is 20.2 Å². The molecule has 2 heterocycles. The van der Waals surface area contributed by atoms with Gasteiger partial charge in [-0.1, -0.05) is 12.1 Å². The Morgan fingerprint density at radius 2 is 1.96 bits per heavy atom. The summed E-state index contributed by atoms with van der Waals surface area (Å²) in [5, 5.41) is 14.0. The Labute approximate surface area is 144 Å². The molecule has 3 rings (SSSR count). The van der Waals surface area contributed by atoms with Gasteiger partial charge in [0.25, 0.3) is 0 Å². The summed E-state index contributed by atoms with van der Waals surface area (Å²) >= 11 is 0. The Hall–Kier alpha value is -3.55. The number of nitrogens with one attached hydrogen (secondary N) is 2. The van der Waals surface area contributed by atoms with Crippen LogP contribution in [-0.4, -0.2) is 33.2 Å². The third kappa shape index (κ3) is 4.25. The molecule has 2 N–H and O–H groups in total. The molecule has 0 radical (unpaired) electrons. The Morgan fingerprint density at radius 3 is 2.76 bits per heavy atom. The van der Waals surface area contributed by atoms with E-state index >= 15 is 0 Å². The highest BCUT2D eigenvalue weighted by molar-refractivity contribution is 5.96. The predicted octanol–water partition coefficient (Wildman–Crippen LogP) is 2.41. The number of aromatic nitrogens is 4. The van der Waals surface area contributed by atoms with Crippen LogP contribution in [0.25, 0.3) is 0 Å². The van der Waals surface area contributed by atoms with E-state index in [1.165, 1.54) is 13.3 Å². The van der Waals surface area contributed by atoms with Crippen LogP contribution >= 0.6 is 0 Å². The largest absolute Gasteiger partial charge is 0.465 e. The highest BCUT2D eigenvalue weighted by Crippen LogP contribution is 2.19. The minimum Gasteiger partial charge on any atom is -0.465 e. The van der Waals surface area contributed by atoms with Crippen molar-refractivity contribution in [3.05, 3.63) is 66.1 Å². The smallest absolute Gasteiger partial charge is 0.339 e. The van der Waals surface area contributed by atoms with E-state index in [0.29, 0.717) is 23.6 Å². The number of esters is 1. The Morgan fingerprint density at radius 1 is 1.16 bits per heavy atom. The van der Waals surface area contributed by atoms with Crippen LogP contribution in [0.5, 0.6) is 0 Å². The second kappa shape index (κ2) is 7.82. The number of nitrogens with zero attached hydrogens (tertiary/aromatic N) is 4. The van der Waals surface area contributed by atoms with E-state index in [1.54, 1.807) is 36.7 Å². The van der Waals surface area contributed by atoms with Gasteiger partial charge in [-0.05, 0) is 29.8 Å². The van der Waals surface area contributed by atoms with Crippen molar-refractivity contribution in [3.63, 3.8) is 0 Å². The summed E-state index contributed by atoms with van der Waals surface area (Å²) in [6, 6.07) is 10.8. The summed E-state index contributed by atoms with van der Waals surface area (Å²) in [6.45, 7) is 0.583. The first-order valence-electron chi connectivity index (χ1n) is 7.53. The van der Waals surface area contributed by atoms with Gasteiger partial charge in [-0.25, -0.2) is 4.79 Å². The Balaban J connectivity index is 1.73. The lowest BCUT2D eigenvalue weighted by Gasteiger charge is -2.10. The summed E-state index contributed by atoms with van der Waals surface area (Å²) in [5.74, 6) is 0.393. The standard InChI is InChI=1S/C17H16N6O2/c1-25-16(24)13-4-2-3-5-14(13)21-17-22-15(11-20-23-17)19-10-12-6-8-18-9-7-12/h2-9,11H,10H2,1H3,(H2,19,21,22,23). The molecule has 3 aromatic rings. The first-order chi connectivity index (χ1) is 12.3. The fourth-order valence-corrected chi connectivity index (χ4v) is 2.14. The molecule has 0 spiro atoms. The van der Waals surface area contributed by atoms with Gasteiger partial charge in [-0.2, -0.15) is 10.1 Å². The molecule has 0 atom stereocenters. The van der Waals surface area contributed by atoms with E-state index in [0.717, 1.165) is 5.56 Å². The maximum atomic E-state index is 11.8. The minimum absolute atomic E-state index is 0.274. The maximum absolute atomic E-state index is 11.8. The summed E-state index contributed by atoms with van der Waals surface area (Å²) in [5.41, 5.74) is 2.00. The SMILES string of the molecule is COC(=O)c1ccccc1Nc1nncc(NCc2ccncc2)n1. The van der Waals surface area contributed by atoms with Gasteiger partial charge < -0.3 is 15.4 Å². The topological polar surface area (TPSA) is 102 Å². The van der Waals surface area contributed by atoms with Gasteiger partial charge in [-0.3, -0.25) is 4.98 Å². The average Bonchev–Trinajstić information content (AvgIpc) is 2.67. The van der Waals surface area contributed by atoms with Crippen LogP contribution in [0.15, 0.2) is 55.0 Å². The number of carbonyl (C=O) groups is 1. The summed E-state index contributed by atoms with van der Waals surface area (Å²) in [7, 11) is 1.33. The lowest BCUT2D eigenvalue weighted by Crippen LogP contribution is -2.09. The van der Waals surface area contributed by atoms with Crippen molar-refractivity contribution < 1.29 is 9.53 Å². The summed E-state index contributed by atoms with van der Waals surface area (Å²) in [6.07, 6.45) is 4.98. The number of benzene rings is 1. The van der Waals surface area contributed by atoms with Gasteiger partial charge in [0.05, 0.1) is 24.6 Å². The number of rotatable bonds is 6. The molecule has 0 saturated heterocycles. The van der Waals surface area contributed by atoms with Crippen molar-refractivity contribution >= 4 is 23.4 Å². The molecule has 25 heavy (non-hydrogen) atoms. The van der Waals surface area contributed by atoms with Crippen molar-refractivity contribution in [1.29, 1.82) is 0 Å². The molecule has 2 aromatic heterocycles. The van der Waals surface area contributed by atoms with Gasteiger partial charge in [0.15, 0.2) is 5.82 Å². The molecule has 8 heteroatoms. The molecular weight excluding hydrogens is 320 g/mol. The number of para-hydroxylation sites is 1. The number of carbonyl (C=O) groups excluding carboxylic acids is 1. The maximum Gasteiger partial charge on any atom is 0.339 e. The van der Waals surface area contributed by atoms with Crippen LogP contribution in [-0.2, 0) is 11.3 Å². The summed E-state index contributed by atoms with van der Waals surface area (Å²) < 4.78 is 4.77. The fourth-order valence-electron chi connectivity index (χ4n) is 2.14. The first-order valence-corrected chi connectivity index (χ1v) is 7.53. The molecule has 1 aromatic carbocycles. The zero-order valence-corrected chi connectivity index (χ0v) is 13.5. The van der Waals surface area contributed by atoms with E-state index < -0.39 is 5.97 Å². The molecule has 0 bridgehead atoms. The molecular formula is C17H16N6O2. The molecule has 0 unspecified atom stereocenters. The molecule has 0 fully saturated rings. The van der Waals surface area contributed by atoms with Gasteiger partial charge in [0.2, 0.25) is 5.95 Å². The van der Waals surface area contributed by atoms with E-state index in [1.807, 2.05) is 12.1 Å². The number of hydrogen-bond acceptors (Lipinski definition) is 8.